The summed E-state index contributed by atoms with van der Waals surface area (Å²) in [4.78, 5) is 4.27. The molecule has 1 fully saturated rings. The summed E-state index contributed by atoms with van der Waals surface area (Å²) < 4.78 is 88.1. The lowest BCUT2D eigenvalue weighted by molar-refractivity contribution is -0.0494. The van der Waals surface area contributed by atoms with Gasteiger partial charge in [0.05, 0.1) is 0 Å². The SMILES string of the molecule is CCNC(=NCCc1cc(F)ccc1F)NC1CCN(S(=O)(=O)C(F)(F)F)CC1.I. The van der Waals surface area contributed by atoms with E-state index >= 15 is 0 Å². The van der Waals surface area contributed by atoms with Crippen molar-refractivity contribution in [1.82, 2.24) is 14.9 Å². The van der Waals surface area contributed by atoms with Crippen LogP contribution in [0.2, 0.25) is 0 Å². The van der Waals surface area contributed by atoms with E-state index in [-0.39, 0.29) is 74.5 Å². The van der Waals surface area contributed by atoms with Gasteiger partial charge in [-0.15, -0.1) is 24.0 Å². The van der Waals surface area contributed by atoms with Crippen molar-refractivity contribution in [3.8, 4) is 0 Å². The van der Waals surface area contributed by atoms with Crippen LogP contribution in [0.3, 0.4) is 0 Å². The molecule has 1 aromatic rings. The van der Waals surface area contributed by atoms with Crippen LogP contribution in [0.5, 0.6) is 0 Å². The quantitative estimate of drug-likeness (QED) is 0.239. The molecular formula is C17H24F5IN4O2S. The van der Waals surface area contributed by atoms with Crippen LogP contribution in [0, 0.1) is 11.6 Å². The Labute approximate surface area is 189 Å². The first kappa shape index (κ1) is 26.8. The Hall–Kier alpha value is -1.22. The number of sulfonamides is 1. The van der Waals surface area contributed by atoms with Crippen molar-refractivity contribution < 1.29 is 30.4 Å². The summed E-state index contributed by atoms with van der Waals surface area (Å²) in [6.07, 6.45) is 0.527. The van der Waals surface area contributed by atoms with Gasteiger partial charge in [0, 0.05) is 32.2 Å². The molecule has 1 aliphatic heterocycles. The van der Waals surface area contributed by atoms with Gasteiger partial charge in [0.1, 0.15) is 11.6 Å². The van der Waals surface area contributed by atoms with Crippen LogP contribution in [-0.4, -0.2) is 56.4 Å². The van der Waals surface area contributed by atoms with Crippen LogP contribution in [0.1, 0.15) is 25.3 Å². The summed E-state index contributed by atoms with van der Waals surface area (Å²) >= 11 is 0. The van der Waals surface area contributed by atoms with Crippen LogP contribution >= 0.6 is 24.0 Å². The lowest BCUT2D eigenvalue weighted by atomic mass is 10.1. The van der Waals surface area contributed by atoms with E-state index in [4.69, 9.17) is 0 Å². The Balaban J connectivity index is 0.00000450. The number of rotatable bonds is 6. The summed E-state index contributed by atoms with van der Waals surface area (Å²) in [5.74, 6) is -0.699. The number of nitrogens with one attached hydrogen (secondary N) is 2. The van der Waals surface area contributed by atoms with E-state index in [9.17, 15) is 30.4 Å². The van der Waals surface area contributed by atoms with Gasteiger partial charge in [-0.2, -0.15) is 17.5 Å². The van der Waals surface area contributed by atoms with E-state index in [0.29, 0.717) is 16.8 Å². The molecule has 0 radical (unpaired) electrons. The fraction of sp³-hybridized carbons (Fsp3) is 0.588. The maximum atomic E-state index is 13.7. The number of nitrogens with zero attached hydrogens (tertiary/aromatic N) is 2. The number of guanidine groups is 1. The van der Waals surface area contributed by atoms with Crippen molar-refractivity contribution in [2.24, 2.45) is 4.99 Å². The van der Waals surface area contributed by atoms with Crippen LogP contribution in [-0.2, 0) is 16.4 Å². The molecule has 13 heteroatoms. The number of hydrogen-bond acceptors (Lipinski definition) is 3. The second-order valence-corrected chi connectivity index (χ2v) is 8.44. The van der Waals surface area contributed by atoms with E-state index in [1.165, 1.54) is 0 Å². The molecule has 1 aliphatic rings. The number of benzene rings is 1. The summed E-state index contributed by atoms with van der Waals surface area (Å²) in [5, 5.41) is 6.02. The normalized spacial score (nSPS) is 16.8. The predicted molar refractivity (Wildman–Crippen MR) is 114 cm³/mol. The third-order valence-corrected chi connectivity index (χ3v) is 6.06. The van der Waals surface area contributed by atoms with E-state index in [1.54, 1.807) is 0 Å². The monoisotopic (exact) mass is 570 g/mol. The average molecular weight is 570 g/mol. The highest BCUT2D eigenvalue weighted by atomic mass is 127. The van der Waals surface area contributed by atoms with Crippen molar-refractivity contribution in [2.45, 2.75) is 37.7 Å². The molecule has 0 atom stereocenters. The van der Waals surface area contributed by atoms with Crippen molar-refractivity contribution in [1.29, 1.82) is 0 Å². The molecule has 6 nitrogen and oxygen atoms in total. The zero-order chi connectivity index (χ0) is 21.7. The number of halogens is 6. The summed E-state index contributed by atoms with van der Waals surface area (Å²) in [5.41, 5.74) is -5.12. The molecule has 0 aliphatic carbocycles. The topological polar surface area (TPSA) is 73.8 Å². The molecule has 0 bridgehead atoms. The lowest BCUT2D eigenvalue weighted by Gasteiger charge is -2.32. The van der Waals surface area contributed by atoms with Gasteiger partial charge in [-0.1, -0.05) is 0 Å². The number of alkyl halides is 3. The maximum absolute atomic E-state index is 13.7. The molecule has 1 saturated heterocycles. The summed E-state index contributed by atoms with van der Waals surface area (Å²) in [7, 11) is -5.32. The molecule has 0 saturated carbocycles. The molecule has 1 aromatic carbocycles. The van der Waals surface area contributed by atoms with Gasteiger partial charge in [-0.25, -0.2) is 17.2 Å². The largest absolute Gasteiger partial charge is 0.511 e. The molecule has 2 rings (SSSR count). The van der Waals surface area contributed by atoms with Gasteiger partial charge in [-0.05, 0) is 49.9 Å². The van der Waals surface area contributed by atoms with Crippen molar-refractivity contribution in [3.05, 3.63) is 35.4 Å². The van der Waals surface area contributed by atoms with Crippen LogP contribution in [0.4, 0.5) is 22.0 Å². The summed E-state index contributed by atoms with van der Waals surface area (Å²) in [6.45, 7) is 1.99. The van der Waals surface area contributed by atoms with Crippen LogP contribution < -0.4 is 10.6 Å². The van der Waals surface area contributed by atoms with E-state index in [2.05, 4.69) is 15.6 Å². The first-order valence-corrected chi connectivity index (χ1v) is 10.5. The first-order chi connectivity index (χ1) is 13.5. The van der Waals surface area contributed by atoms with Crippen LogP contribution in [0.15, 0.2) is 23.2 Å². The lowest BCUT2D eigenvalue weighted by Crippen LogP contribution is -2.51. The van der Waals surface area contributed by atoms with Gasteiger partial charge in [0.2, 0.25) is 0 Å². The zero-order valence-corrected chi connectivity index (χ0v) is 19.3. The molecule has 0 spiro atoms. The van der Waals surface area contributed by atoms with Gasteiger partial charge in [-0.3, -0.25) is 4.99 Å². The highest BCUT2D eigenvalue weighted by molar-refractivity contribution is 14.0. The average Bonchev–Trinajstić information content (AvgIpc) is 2.64. The minimum atomic E-state index is -5.32. The Morgan fingerprint density at radius 2 is 1.87 bits per heavy atom. The molecule has 172 valence electrons. The Bertz CT molecular complexity index is 828. The fourth-order valence-electron chi connectivity index (χ4n) is 2.92. The van der Waals surface area contributed by atoms with E-state index in [0.717, 1.165) is 18.2 Å². The van der Waals surface area contributed by atoms with Crippen molar-refractivity contribution in [2.75, 3.05) is 26.2 Å². The Morgan fingerprint density at radius 1 is 1.23 bits per heavy atom. The maximum Gasteiger partial charge on any atom is 0.511 e. The third kappa shape index (κ3) is 7.18. The van der Waals surface area contributed by atoms with Gasteiger partial charge in [0.15, 0.2) is 5.96 Å². The highest BCUT2D eigenvalue weighted by Gasteiger charge is 2.50. The summed E-state index contributed by atoms with van der Waals surface area (Å²) in [6, 6.07) is 2.90. The standard InChI is InChI=1S/C17H23F5N4O2S.HI/c1-2-23-16(24-8-5-12-11-13(18)3-4-15(12)19)25-14-6-9-26(10-7-14)29(27,28)17(20,21)22;/h3-4,11,14H,2,5-10H2,1H3,(H2,23,24,25);1H. The van der Waals surface area contributed by atoms with Crippen LogP contribution in [0.25, 0.3) is 0 Å². The molecule has 0 amide bonds. The third-order valence-electron chi connectivity index (χ3n) is 4.43. The molecule has 30 heavy (non-hydrogen) atoms. The molecule has 2 N–H and O–H groups in total. The molecule has 1 heterocycles. The Morgan fingerprint density at radius 3 is 2.43 bits per heavy atom. The predicted octanol–water partition coefficient (Wildman–Crippen LogP) is 2.99. The van der Waals surface area contributed by atoms with Gasteiger partial charge in [0.25, 0.3) is 0 Å². The molecule has 0 aromatic heterocycles. The second kappa shape index (κ2) is 11.4. The van der Waals surface area contributed by atoms with Crippen molar-refractivity contribution in [3.63, 3.8) is 0 Å². The minimum absolute atomic E-state index is 0. The molecular weight excluding hydrogens is 546 g/mol. The van der Waals surface area contributed by atoms with Gasteiger partial charge < -0.3 is 10.6 Å². The number of hydrogen-bond donors (Lipinski definition) is 2. The van der Waals surface area contributed by atoms with E-state index < -0.39 is 27.2 Å². The van der Waals surface area contributed by atoms with Gasteiger partial charge >= 0.3 is 15.5 Å². The number of piperidine rings is 1. The van der Waals surface area contributed by atoms with Crippen molar-refractivity contribution >= 4 is 40.0 Å². The first-order valence-electron chi connectivity index (χ1n) is 9.09. The minimum Gasteiger partial charge on any atom is -0.357 e. The second-order valence-electron chi connectivity index (χ2n) is 6.51. The zero-order valence-electron chi connectivity index (χ0n) is 16.2. The fourth-order valence-corrected chi connectivity index (χ4v) is 3.91. The highest BCUT2D eigenvalue weighted by Crippen LogP contribution is 2.28. The molecule has 0 unspecified atom stereocenters. The number of aliphatic imine (C=N–C) groups is 1. The Kier molecular flexibility index (Phi) is 10.2. The smallest absolute Gasteiger partial charge is 0.357 e. The van der Waals surface area contributed by atoms with E-state index in [1.807, 2.05) is 6.92 Å².